The Bertz CT molecular complexity index is 438. The van der Waals surface area contributed by atoms with Gasteiger partial charge in [0.15, 0.2) is 0 Å². The third-order valence-corrected chi connectivity index (χ3v) is 3.05. The smallest absolute Gasteiger partial charge is 0.0753 e. The van der Waals surface area contributed by atoms with Gasteiger partial charge in [0.25, 0.3) is 0 Å². The van der Waals surface area contributed by atoms with E-state index in [2.05, 4.69) is 54.6 Å². The molecule has 0 aliphatic heterocycles. The van der Waals surface area contributed by atoms with E-state index in [4.69, 9.17) is 0 Å². The molecule has 2 nitrogen and oxygen atoms in total. The number of hydrogen-bond acceptors (Lipinski definition) is 3. The van der Waals surface area contributed by atoms with Gasteiger partial charge in [-0.3, -0.25) is 0 Å². The Hall–Kier alpha value is -1.22. The van der Waals surface area contributed by atoms with Crippen LogP contribution in [0.3, 0.4) is 0 Å². The van der Waals surface area contributed by atoms with Crippen molar-refractivity contribution in [2.24, 2.45) is 5.41 Å². The molecule has 0 saturated heterocycles. The van der Waals surface area contributed by atoms with E-state index in [9.17, 15) is 0 Å². The van der Waals surface area contributed by atoms with Gasteiger partial charge in [0, 0.05) is 0 Å². The third-order valence-electron chi connectivity index (χ3n) is 2.33. The van der Waals surface area contributed by atoms with E-state index in [1.54, 1.807) is 0 Å². The molecule has 0 saturated carbocycles. The van der Waals surface area contributed by atoms with Crippen molar-refractivity contribution >= 4 is 11.5 Å². The fourth-order valence-corrected chi connectivity index (χ4v) is 2.21. The summed E-state index contributed by atoms with van der Waals surface area (Å²) >= 11 is 1.43. The van der Waals surface area contributed by atoms with Crippen LogP contribution in [0.4, 0.5) is 0 Å². The van der Waals surface area contributed by atoms with Crippen molar-refractivity contribution in [1.82, 2.24) is 9.59 Å². The predicted molar refractivity (Wildman–Crippen MR) is 68.5 cm³/mol. The SMILES string of the molecule is CC(C)(C)Cc1ccc(-c2cnns2)cc1. The minimum atomic E-state index is 0.341. The average molecular weight is 232 g/mol. The van der Waals surface area contributed by atoms with Crippen LogP contribution in [-0.2, 0) is 6.42 Å². The molecule has 84 valence electrons. The Morgan fingerprint density at radius 2 is 1.81 bits per heavy atom. The number of aromatic nitrogens is 2. The molecule has 0 aliphatic rings. The Labute approximate surface area is 101 Å². The van der Waals surface area contributed by atoms with E-state index in [0.29, 0.717) is 5.41 Å². The fourth-order valence-electron chi connectivity index (χ4n) is 1.69. The maximum atomic E-state index is 3.87. The van der Waals surface area contributed by atoms with Crippen LogP contribution >= 0.6 is 11.5 Å². The second-order valence-corrected chi connectivity index (χ2v) is 6.00. The van der Waals surface area contributed by atoms with Gasteiger partial charge in [-0.25, -0.2) is 0 Å². The maximum absolute atomic E-state index is 3.87. The molecule has 0 unspecified atom stereocenters. The van der Waals surface area contributed by atoms with Crippen molar-refractivity contribution in [2.45, 2.75) is 27.2 Å². The molecule has 0 amide bonds. The summed E-state index contributed by atoms with van der Waals surface area (Å²) in [6.07, 6.45) is 2.91. The molecule has 0 bridgehead atoms. The van der Waals surface area contributed by atoms with Crippen molar-refractivity contribution in [1.29, 1.82) is 0 Å². The van der Waals surface area contributed by atoms with Gasteiger partial charge in [0.05, 0.1) is 11.1 Å². The highest BCUT2D eigenvalue weighted by atomic mass is 32.1. The highest BCUT2D eigenvalue weighted by Crippen LogP contribution is 2.25. The van der Waals surface area contributed by atoms with Gasteiger partial charge in [0.1, 0.15) is 0 Å². The van der Waals surface area contributed by atoms with Gasteiger partial charge < -0.3 is 0 Å². The molecular weight excluding hydrogens is 216 g/mol. The highest BCUT2D eigenvalue weighted by Gasteiger charge is 2.11. The monoisotopic (exact) mass is 232 g/mol. The summed E-state index contributed by atoms with van der Waals surface area (Å²) in [5, 5.41) is 3.85. The first-order valence-corrected chi connectivity index (χ1v) is 6.19. The van der Waals surface area contributed by atoms with Crippen molar-refractivity contribution in [2.75, 3.05) is 0 Å². The number of benzene rings is 1. The lowest BCUT2D eigenvalue weighted by Crippen LogP contribution is -2.08. The second kappa shape index (κ2) is 4.34. The molecule has 0 aliphatic carbocycles. The molecule has 2 aromatic rings. The van der Waals surface area contributed by atoms with Gasteiger partial charge >= 0.3 is 0 Å². The van der Waals surface area contributed by atoms with Crippen LogP contribution in [0.2, 0.25) is 0 Å². The van der Waals surface area contributed by atoms with Crippen LogP contribution in [0.15, 0.2) is 30.5 Å². The Morgan fingerprint density at radius 3 is 2.31 bits per heavy atom. The number of nitrogens with zero attached hydrogens (tertiary/aromatic N) is 2. The molecule has 0 radical (unpaired) electrons. The van der Waals surface area contributed by atoms with Gasteiger partial charge in [-0.15, -0.1) is 5.10 Å². The van der Waals surface area contributed by atoms with Crippen molar-refractivity contribution < 1.29 is 0 Å². The van der Waals surface area contributed by atoms with E-state index in [1.807, 2.05) is 6.20 Å². The molecule has 1 heterocycles. The third kappa shape index (κ3) is 2.89. The van der Waals surface area contributed by atoms with E-state index >= 15 is 0 Å². The minimum Gasteiger partial charge on any atom is -0.146 e. The normalized spacial score (nSPS) is 11.7. The first kappa shape index (κ1) is 11.3. The molecule has 1 aromatic heterocycles. The lowest BCUT2D eigenvalue weighted by atomic mass is 9.88. The zero-order chi connectivity index (χ0) is 11.6. The highest BCUT2D eigenvalue weighted by molar-refractivity contribution is 7.09. The first-order valence-electron chi connectivity index (χ1n) is 5.41. The molecule has 2 rings (SSSR count). The predicted octanol–water partition coefficient (Wildman–Crippen LogP) is 3.79. The van der Waals surface area contributed by atoms with Crippen LogP contribution in [-0.4, -0.2) is 9.59 Å². The van der Waals surface area contributed by atoms with Crippen LogP contribution in [0.5, 0.6) is 0 Å². The van der Waals surface area contributed by atoms with Gasteiger partial charge in [-0.1, -0.05) is 49.5 Å². The summed E-state index contributed by atoms with van der Waals surface area (Å²) in [6, 6.07) is 8.69. The molecule has 0 fully saturated rings. The second-order valence-electron chi connectivity index (χ2n) is 5.22. The van der Waals surface area contributed by atoms with Crippen molar-refractivity contribution in [3.63, 3.8) is 0 Å². The summed E-state index contributed by atoms with van der Waals surface area (Å²) in [5.41, 5.74) is 2.93. The summed E-state index contributed by atoms with van der Waals surface area (Å²) in [7, 11) is 0. The Balaban J connectivity index is 2.17. The van der Waals surface area contributed by atoms with Gasteiger partial charge in [-0.2, -0.15) is 0 Å². The summed E-state index contributed by atoms with van der Waals surface area (Å²) in [5.74, 6) is 0. The van der Waals surface area contributed by atoms with E-state index in [0.717, 1.165) is 11.3 Å². The standard InChI is InChI=1S/C13H16N2S/c1-13(2,3)8-10-4-6-11(7-5-10)12-9-14-15-16-12/h4-7,9H,8H2,1-3H3. The largest absolute Gasteiger partial charge is 0.146 e. The average Bonchev–Trinajstić information content (AvgIpc) is 2.69. The molecule has 0 atom stereocenters. The quantitative estimate of drug-likeness (QED) is 0.787. The zero-order valence-corrected chi connectivity index (χ0v) is 10.7. The summed E-state index contributed by atoms with van der Waals surface area (Å²) < 4.78 is 3.87. The molecule has 1 aromatic carbocycles. The van der Waals surface area contributed by atoms with Gasteiger partial charge in [-0.05, 0) is 34.5 Å². The Morgan fingerprint density at radius 1 is 1.12 bits per heavy atom. The van der Waals surface area contributed by atoms with Crippen molar-refractivity contribution in [3.05, 3.63) is 36.0 Å². The van der Waals surface area contributed by atoms with Gasteiger partial charge in [0.2, 0.25) is 0 Å². The maximum Gasteiger partial charge on any atom is 0.0753 e. The van der Waals surface area contributed by atoms with E-state index in [1.165, 1.54) is 22.7 Å². The lowest BCUT2D eigenvalue weighted by Gasteiger charge is -2.18. The molecule has 0 N–H and O–H groups in total. The van der Waals surface area contributed by atoms with Crippen LogP contribution in [0.1, 0.15) is 26.3 Å². The van der Waals surface area contributed by atoms with Crippen LogP contribution in [0, 0.1) is 5.41 Å². The Kier molecular flexibility index (Phi) is 3.06. The van der Waals surface area contributed by atoms with Crippen LogP contribution in [0.25, 0.3) is 10.4 Å². The topological polar surface area (TPSA) is 25.8 Å². The zero-order valence-electron chi connectivity index (χ0n) is 9.90. The molecular formula is C13H16N2S. The minimum absolute atomic E-state index is 0.341. The van der Waals surface area contributed by atoms with E-state index in [-0.39, 0.29) is 0 Å². The first-order chi connectivity index (χ1) is 7.54. The summed E-state index contributed by atoms with van der Waals surface area (Å²) in [4.78, 5) is 1.13. The summed E-state index contributed by atoms with van der Waals surface area (Å²) in [6.45, 7) is 6.77. The number of rotatable bonds is 2. The molecule has 0 spiro atoms. The number of hydrogen-bond donors (Lipinski definition) is 0. The molecule has 3 heteroatoms. The van der Waals surface area contributed by atoms with E-state index < -0.39 is 0 Å². The van der Waals surface area contributed by atoms with Crippen LogP contribution < -0.4 is 0 Å². The fraction of sp³-hybridized carbons (Fsp3) is 0.385. The molecule has 16 heavy (non-hydrogen) atoms. The lowest BCUT2D eigenvalue weighted by molar-refractivity contribution is 0.411. The van der Waals surface area contributed by atoms with Crippen molar-refractivity contribution in [3.8, 4) is 10.4 Å².